The van der Waals surface area contributed by atoms with Crippen molar-refractivity contribution in [2.45, 2.75) is 70.7 Å². The van der Waals surface area contributed by atoms with Crippen molar-refractivity contribution in [1.29, 1.82) is 0 Å². The molecule has 0 amide bonds. The van der Waals surface area contributed by atoms with Crippen molar-refractivity contribution in [2.24, 2.45) is 0 Å². The minimum atomic E-state index is -0.508. The zero-order chi connectivity index (χ0) is 18.2. The fourth-order valence-corrected chi connectivity index (χ4v) is 5.24. The standard InChI is InChI=1S/C18H24N2O3S2/c1-5-20-16(22)14-11-8-6-7-9-12(11)25-15(14)19-17(20)24-10-13(21)23-18(2,3)4/h5-10H2,1-4H3. The molecule has 0 spiro atoms. The van der Waals surface area contributed by atoms with Gasteiger partial charge >= 0.3 is 5.97 Å². The van der Waals surface area contributed by atoms with E-state index in [1.54, 1.807) is 15.9 Å². The first-order valence-corrected chi connectivity index (χ1v) is 10.5. The Bertz CT molecular complexity index is 862. The predicted molar refractivity (Wildman–Crippen MR) is 103 cm³/mol. The lowest BCUT2D eigenvalue weighted by Crippen LogP contribution is -2.26. The predicted octanol–water partition coefficient (Wildman–Crippen LogP) is 3.79. The van der Waals surface area contributed by atoms with Crippen molar-refractivity contribution in [3.05, 3.63) is 20.8 Å². The second-order valence-corrected chi connectivity index (χ2v) is 9.24. The van der Waals surface area contributed by atoms with Gasteiger partial charge in [-0.3, -0.25) is 14.2 Å². The van der Waals surface area contributed by atoms with Crippen molar-refractivity contribution in [1.82, 2.24) is 9.55 Å². The van der Waals surface area contributed by atoms with Gasteiger partial charge in [-0.2, -0.15) is 0 Å². The summed E-state index contributed by atoms with van der Waals surface area (Å²) in [5, 5.41) is 1.40. The maximum atomic E-state index is 13.0. The molecule has 2 aromatic heterocycles. The fourth-order valence-electron chi connectivity index (χ4n) is 3.10. The van der Waals surface area contributed by atoms with Crippen molar-refractivity contribution in [2.75, 3.05) is 5.75 Å². The van der Waals surface area contributed by atoms with Crippen molar-refractivity contribution in [3.63, 3.8) is 0 Å². The van der Waals surface area contributed by atoms with Gasteiger partial charge in [-0.1, -0.05) is 11.8 Å². The third kappa shape index (κ3) is 3.92. The van der Waals surface area contributed by atoms with Crippen LogP contribution < -0.4 is 5.56 Å². The van der Waals surface area contributed by atoms with E-state index in [4.69, 9.17) is 9.72 Å². The lowest BCUT2D eigenvalue weighted by atomic mass is 9.97. The molecular formula is C18H24N2O3S2. The van der Waals surface area contributed by atoms with Crippen LogP contribution in [0.2, 0.25) is 0 Å². The monoisotopic (exact) mass is 380 g/mol. The molecule has 0 bridgehead atoms. The normalized spacial score (nSPS) is 14.6. The Balaban J connectivity index is 1.93. The van der Waals surface area contributed by atoms with Gasteiger partial charge in [0.2, 0.25) is 0 Å². The summed E-state index contributed by atoms with van der Waals surface area (Å²) in [6, 6.07) is 0. The summed E-state index contributed by atoms with van der Waals surface area (Å²) in [6.07, 6.45) is 4.34. The summed E-state index contributed by atoms with van der Waals surface area (Å²) in [5.41, 5.74) is 0.722. The summed E-state index contributed by atoms with van der Waals surface area (Å²) < 4.78 is 7.02. The molecule has 3 rings (SSSR count). The smallest absolute Gasteiger partial charge is 0.316 e. The zero-order valence-corrected chi connectivity index (χ0v) is 16.8. The number of hydrogen-bond donors (Lipinski definition) is 0. The second-order valence-electron chi connectivity index (χ2n) is 7.21. The Kier molecular flexibility index (Phi) is 5.25. The van der Waals surface area contributed by atoms with Crippen LogP contribution in [-0.2, 0) is 28.9 Å². The average molecular weight is 381 g/mol. The first kappa shape index (κ1) is 18.5. The van der Waals surface area contributed by atoms with E-state index in [0.29, 0.717) is 11.7 Å². The fraction of sp³-hybridized carbons (Fsp3) is 0.611. The third-order valence-electron chi connectivity index (χ3n) is 4.10. The van der Waals surface area contributed by atoms with Crippen molar-refractivity contribution in [3.8, 4) is 0 Å². The van der Waals surface area contributed by atoms with Crippen LogP contribution in [0, 0.1) is 0 Å². The number of carbonyl (C=O) groups excluding carboxylic acids is 1. The van der Waals surface area contributed by atoms with Crippen LogP contribution in [0.4, 0.5) is 0 Å². The molecule has 7 heteroatoms. The number of fused-ring (bicyclic) bond motifs is 3. The van der Waals surface area contributed by atoms with E-state index in [1.807, 2.05) is 27.7 Å². The molecule has 1 aliphatic carbocycles. The van der Waals surface area contributed by atoms with E-state index >= 15 is 0 Å². The zero-order valence-electron chi connectivity index (χ0n) is 15.2. The topological polar surface area (TPSA) is 61.2 Å². The van der Waals surface area contributed by atoms with Crippen molar-refractivity contribution >= 4 is 39.3 Å². The number of ether oxygens (including phenoxy) is 1. The number of thioether (sulfide) groups is 1. The number of aromatic nitrogens is 2. The van der Waals surface area contributed by atoms with Gasteiger partial charge in [-0.05, 0) is 58.9 Å². The summed E-state index contributed by atoms with van der Waals surface area (Å²) in [7, 11) is 0. The molecule has 0 saturated heterocycles. The van der Waals surface area contributed by atoms with E-state index in [1.165, 1.54) is 28.6 Å². The number of hydrogen-bond acceptors (Lipinski definition) is 6. The second kappa shape index (κ2) is 7.11. The lowest BCUT2D eigenvalue weighted by Gasteiger charge is -2.19. The van der Waals surface area contributed by atoms with Gasteiger partial charge in [0, 0.05) is 11.4 Å². The molecule has 2 aromatic rings. The SMILES string of the molecule is CCn1c(SCC(=O)OC(C)(C)C)nc2sc3c(c2c1=O)CCCC3. The highest BCUT2D eigenvalue weighted by Gasteiger charge is 2.23. The Morgan fingerprint density at radius 1 is 1.32 bits per heavy atom. The summed E-state index contributed by atoms with van der Waals surface area (Å²) in [4.78, 5) is 31.8. The van der Waals surface area contributed by atoms with Crippen LogP contribution in [0.15, 0.2) is 9.95 Å². The van der Waals surface area contributed by atoms with Gasteiger partial charge < -0.3 is 4.74 Å². The van der Waals surface area contributed by atoms with Gasteiger partial charge in [-0.25, -0.2) is 4.98 Å². The molecule has 0 fully saturated rings. The molecule has 0 radical (unpaired) electrons. The molecular weight excluding hydrogens is 356 g/mol. The molecule has 0 unspecified atom stereocenters. The van der Waals surface area contributed by atoms with Crippen LogP contribution in [0.1, 0.15) is 51.0 Å². The Hall–Kier alpha value is -1.34. The number of thiophene rings is 1. The molecule has 1 aliphatic rings. The van der Waals surface area contributed by atoms with Gasteiger partial charge in [-0.15, -0.1) is 11.3 Å². The quantitative estimate of drug-likeness (QED) is 0.459. The molecule has 0 N–H and O–H groups in total. The summed E-state index contributed by atoms with van der Waals surface area (Å²) >= 11 is 2.92. The molecule has 136 valence electrons. The van der Waals surface area contributed by atoms with Gasteiger partial charge in [0.1, 0.15) is 10.4 Å². The summed E-state index contributed by atoms with van der Waals surface area (Å²) in [5.74, 6) is -0.139. The highest BCUT2D eigenvalue weighted by atomic mass is 32.2. The molecule has 0 saturated carbocycles. The first-order valence-electron chi connectivity index (χ1n) is 8.70. The molecule has 0 aromatic carbocycles. The van der Waals surface area contributed by atoms with E-state index in [9.17, 15) is 9.59 Å². The van der Waals surface area contributed by atoms with Crippen LogP contribution in [0.5, 0.6) is 0 Å². The number of carbonyl (C=O) groups is 1. The van der Waals surface area contributed by atoms with Crippen LogP contribution in [0.3, 0.4) is 0 Å². The summed E-state index contributed by atoms with van der Waals surface area (Å²) in [6.45, 7) is 8.02. The Morgan fingerprint density at radius 3 is 2.72 bits per heavy atom. The van der Waals surface area contributed by atoms with Gasteiger partial charge in [0.25, 0.3) is 5.56 Å². The van der Waals surface area contributed by atoms with Crippen LogP contribution in [0.25, 0.3) is 10.2 Å². The number of aryl methyl sites for hydroxylation is 2. The molecule has 25 heavy (non-hydrogen) atoms. The van der Waals surface area contributed by atoms with E-state index in [-0.39, 0.29) is 17.3 Å². The minimum Gasteiger partial charge on any atom is -0.459 e. The third-order valence-corrected chi connectivity index (χ3v) is 6.23. The highest BCUT2D eigenvalue weighted by Crippen LogP contribution is 2.34. The van der Waals surface area contributed by atoms with Crippen LogP contribution >= 0.6 is 23.1 Å². The van der Waals surface area contributed by atoms with Gasteiger partial charge in [0.05, 0.1) is 11.1 Å². The van der Waals surface area contributed by atoms with Gasteiger partial charge in [0.15, 0.2) is 5.16 Å². The van der Waals surface area contributed by atoms with E-state index in [0.717, 1.165) is 29.5 Å². The molecule has 0 atom stereocenters. The maximum absolute atomic E-state index is 13.0. The molecule has 0 aliphatic heterocycles. The largest absolute Gasteiger partial charge is 0.459 e. The molecule has 2 heterocycles. The minimum absolute atomic E-state index is 0.0265. The Labute approximate surface area is 155 Å². The number of rotatable bonds is 4. The first-order chi connectivity index (χ1) is 11.8. The average Bonchev–Trinajstić information content (AvgIpc) is 2.89. The van der Waals surface area contributed by atoms with E-state index < -0.39 is 5.60 Å². The Morgan fingerprint density at radius 2 is 2.04 bits per heavy atom. The molecule has 5 nitrogen and oxygen atoms in total. The number of esters is 1. The van der Waals surface area contributed by atoms with Crippen molar-refractivity contribution < 1.29 is 9.53 Å². The highest BCUT2D eigenvalue weighted by molar-refractivity contribution is 7.99. The maximum Gasteiger partial charge on any atom is 0.316 e. The lowest BCUT2D eigenvalue weighted by molar-refractivity contribution is -0.151. The van der Waals surface area contributed by atoms with E-state index in [2.05, 4.69) is 0 Å². The van der Waals surface area contributed by atoms with Crippen LogP contribution in [-0.4, -0.2) is 26.9 Å². The number of nitrogens with zero attached hydrogens (tertiary/aromatic N) is 2.